The second kappa shape index (κ2) is 7.25. The predicted octanol–water partition coefficient (Wildman–Crippen LogP) is 3.17. The molecule has 1 heterocycles. The first-order valence-corrected chi connectivity index (χ1v) is 8.75. The molecule has 5 nitrogen and oxygen atoms in total. The molecule has 1 amide bonds. The summed E-state index contributed by atoms with van der Waals surface area (Å²) in [6, 6.07) is 4.95. The Hall–Kier alpha value is -2.37. The molecule has 1 aromatic heterocycles. The summed E-state index contributed by atoms with van der Waals surface area (Å²) in [7, 11) is 0. The van der Waals surface area contributed by atoms with Crippen LogP contribution in [0.5, 0.6) is 0 Å². The molecule has 1 aliphatic carbocycles. The zero-order chi connectivity index (χ0) is 18.0. The highest BCUT2D eigenvalue weighted by atomic mass is 19.1. The third-order valence-electron chi connectivity index (χ3n) is 5.20. The normalized spacial score (nSPS) is 20.6. The summed E-state index contributed by atoms with van der Waals surface area (Å²) in [6.45, 7) is 2.30. The molecule has 25 heavy (non-hydrogen) atoms. The zero-order valence-electron chi connectivity index (χ0n) is 14.3. The van der Waals surface area contributed by atoms with Crippen molar-refractivity contribution in [3.8, 4) is 0 Å². The number of amides is 1. The van der Waals surface area contributed by atoms with Crippen molar-refractivity contribution in [2.24, 2.45) is 11.8 Å². The minimum absolute atomic E-state index is 0.184. The molecule has 1 saturated carbocycles. The maximum absolute atomic E-state index is 13.8. The van der Waals surface area contributed by atoms with E-state index in [1.807, 2.05) is 13.0 Å². The third-order valence-corrected chi connectivity index (χ3v) is 5.20. The van der Waals surface area contributed by atoms with Crippen molar-refractivity contribution in [2.45, 2.75) is 39.0 Å². The van der Waals surface area contributed by atoms with Crippen LogP contribution in [0.1, 0.15) is 36.9 Å². The van der Waals surface area contributed by atoms with E-state index in [2.05, 4.69) is 10.3 Å². The number of nitrogens with one attached hydrogen (secondary N) is 2. The van der Waals surface area contributed by atoms with Gasteiger partial charge in [0.05, 0.1) is 17.4 Å². The van der Waals surface area contributed by atoms with Crippen LogP contribution in [-0.4, -0.2) is 28.5 Å². The number of carbonyl (C=O) groups excluding carboxylic acids is 1. The number of para-hydroxylation sites is 1. The van der Waals surface area contributed by atoms with E-state index in [-0.39, 0.29) is 11.7 Å². The maximum atomic E-state index is 13.8. The lowest BCUT2D eigenvalue weighted by Gasteiger charge is -2.27. The summed E-state index contributed by atoms with van der Waals surface area (Å²) in [5, 5.41) is 13.0. The van der Waals surface area contributed by atoms with Gasteiger partial charge in [0.2, 0.25) is 5.91 Å². The van der Waals surface area contributed by atoms with Gasteiger partial charge in [-0.05, 0) is 37.8 Å². The molecule has 134 valence electrons. The van der Waals surface area contributed by atoms with Gasteiger partial charge in [0, 0.05) is 17.6 Å². The number of aromatic nitrogens is 1. The van der Waals surface area contributed by atoms with Gasteiger partial charge in [-0.25, -0.2) is 4.39 Å². The average molecular weight is 346 g/mol. The van der Waals surface area contributed by atoms with Crippen molar-refractivity contribution in [1.29, 1.82) is 0 Å². The lowest BCUT2D eigenvalue weighted by atomic mass is 9.78. The number of hydrogen-bond donors (Lipinski definition) is 3. The largest absolute Gasteiger partial charge is 0.481 e. The smallest absolute Gasteiger partial charge is 0.307 e. The maximum Gasteiger partial charge on any atom is 0.307 e. The molecule has 0 spiro atoms. The third kappa shape index (κ3) is 3.52. The second-order valence-corrected chi connectivity index (χ2v) is 6.77. The fraction of sp³-hybridized carbons (Fsp3) is 0.474. The topological polar surface area (TPSA) is 82.2 Å². The number of aliphatic carboxylic acids is 1. The van der Waals surface area contributed by atoms with Gasteiger partial charge in [-0.3, -0.25) is 9.59 Å². The number of halogens is 1. The number of H-pyrrole nitrogens is 1. The van der Waals surface area contributed by atoms with Crippen LogP contribution in [-0.2, 0) is 16.0 Å². The van der Waals surface area contributed by atoms with Crippen LogP contribution in [0.2, 0.25) is 0 Å². The van der Waals surface area contributed by atoms with Crippen molar-refractivity contribution in [1.82, 2.24) is 10.3 Å². The summed E-state index contributed by atoms with van der Waals surface area (Å²) in [4.78, 5) is 26.8. The minimum Gasteiger partial charge on any atom is -0.481 e. The van der Waals surface area contributed by atoms with E-state index >= 15 is 0 Å². The number of fused-ring (bicyclic) bond motifs is 1. The van der Waals surface area contributed by atoms with E-state index in [1.165, 1.54) is 6.07 Å². The molecule has 0 saturated heterocycles. The van der Waals surface area contributed by atoms with E-state index in [4.69, 9.17) is 0 Å². The van der Waals surface area contributed by atoms with E-state index in [0.29, 0.717) is 31.3 Å². The van der Waals surface area contributed by atoms with E-state index < -0.39 is 17.8 Å². The Balaban J connectivity index is 1.65. The predicted molar refractivity (Wildman–Crippen MR) is 92.8 cm³/mol. The number of rotatable bonds is 5. The first-order chi connectivity index (χ1) is 12.0. The number of carboxylic acids is 1. The molecule has 1 aromatic carbocycles. The number of aryl methyl sites for hydroxylation is 1. The molecule has 6 heteroatoms. The summed E-state index contributed by atoms with van der Waals surface area (Å²) in [5.41, 5.74) is 2.35. The SMILES string of the molecule is Cc1[nH]c2c(F)cccc2c1CCNC(=O)C1CCCCC1C(=O)O. The van der Waals surface area contributed by atoms with Crippen molar-refractivity contribution < 1.29 is 19.1 Å². The molecule has 0 radical (unpaired) electrons. The Morgan fingerprint density at radius 2 is 2.00 bits per heavy atom. The molecule has 2 aromatic rings. The van der Waals surface area contributed by atoms with E-state index in [1.54, 1.807) is 6.07 Å². The van der Waals surface area contributed by atoms with E-state index in [9.17, 15) is 19.1 Å². The fourth-order valence-electron chi connectivity index (χ4n) is 3.87. The molecule has 2 atom stereocenters. The van der Waals surface area contributed by atoms with Crippen molar-refractivity contribution in [2.75, 3.05) is 6.54 Å². The van der Waals surface area contributed by atoms with Crippen LogP contribution in [0.4, 0.5) is 4.39 Å². The van der Waals surface area contributed by atoms with Gasteiger partial charge >= 0.3 is 5.97 Å². The summed E-state index contributed by atoms with van der Waals surface area (Å²) < 4.78 is 13.8. The van der Waals surface area contributed by atoms with Crippen molar-refractivity contribution in [3.63, 3.8) is 0 Å². The average Bonchev–Trinajstić information content (AvgIpc) is 2.92. The van der Waals surface area contributed by atoms with Crippen LogP contribution in [0.3, 0.4) is 0 Å². The highest BCUT2D eigenvalue weighted by molar-refractivity contribution is 5.86. The summed E-state index contributed by atoms with van der Waals surface area (Å²) in [6.07, 6.45) is 3.52. The molecule has 1 aliphatic rings. The van der Waals surface area contributed by atoms with E-state index in [0.717, 1.165) is 29.5 Å². The molecule has 2 unspecified atom stereocenters. The number of carboxylic acid groups (broad SMARTS) is 1. The highest BCUT2D eigenvalue weighted by Crippen LogP contribution is 2.30. The number of hydrogen-bond acceptors (Lipinski definition) is 2. The Labute approximate surface area is 145 Å². The van der Waals surface area contributed by atoms with Crippen LogP contribution in [0.15, 0.2) is 18.2 Å². The lowest BCUT2D eigenvalue weighted by molar-refractivity contribution is -0.148. The Bertz CT molecular complexity index is 799. The van der Waals surface area contributed by atoms with Gasteiger partial charge in [0.15, 0.2) is 0 Å². The van der Waals surface area contributed by atoms with Gasteiger partial charge in [-0.2, -0.15) is 0 Å². The molecular weight excluding hydrogens is 323 g/mol. The van der Waals surface area contributed by atoms with Crippen LogP contribution in [0, 0.1) is 24.6 Å². The second-order valence-electron chi connectivity index (χ2n) is 6.77. The zero-order valence-corrected chi connectivity index (χ0v) is 14.3. The minimum atomic E-state index is -0.886. The fourth-order valence-corrected chi connectivity index (χ4v) is 3.87. The number of aromatic amines is 1. The Morgan fingerprint density at radius 1 is 1.28 bits per heavy atom. The number of carbonyl (C=O) groups is 2. The van der Waals surface area contributed by atoms with Crippen LogP contribution < -0.4 is 5.32 Å². The monoisotopic (exact) mass is 346 g/mol. The van der Waals surface area contributed by atoms with Gasteiger partial charge in [-0.15, -0.1) is 0 Å². The summed E-state index contributed by atoms with van der Waals surface area (Å²) in [5.74, 6) is -2.40. The molecule has 0 aliphatic heterocycles. The van der Waals surface area contributed by atoms with Crippen molar-refractivity contribution >= 4 is 22.8 Å². The standard InChI is InChI=1S/C19H23FN2O3/c1-11-12(13-7-4-8-16(20)17(13)22-11)9-10-21-18(23)14-5-2-3-6-15(14)19(24)25/h4,7-8,14-15,22H,2-3,5-6,9-10H2,1H3,(H,21,23)(H,24,25). The van der Waals surface area contributed by atoms with Crippen molar-refractivity contribution in [3.05, 3.63) is 35.3 Å². The van der Waals surface area contributed by atoms with Crippen LogP contribution in [0.25, 0.3) is 10.9 Å². The van der Waals surface area contributed by atoms with Gasteiger partial charge in [0.1, 0.15) is 5.82 Å². The Kier molecular flexibility index (Phi) is 5.06. The van der Waals surface area contributed by atoms with Gasteiger partial charge in [0.25, 0.3) is 0 Å². The first kappa shape index (κ1) is 17.5. The molecular formula is C19H23FN2O3. The molecule has 3 rings (SSSR count). The van der Waals surface area contributed by atoms with Crippen LogP contribution >= 0.6 is 0 Å². The molecule has 3 N–H and O–H groups in total. The quantitative estimate of drug-likeness (QED) is 0.778. The lowest BCUT2D eigenvalue weighted by Crippen LogP contribution is -2.40. The number of benzene rings is 1. The van der Waals surface area contributed by atoms with Gasteiger partial charge < -0.3 is 15.4 Å². The highest BCUT2D eigenvalue weighted by Gasteiger charge is 2.35. The summed E-state index contributed by atoms with van der Waals surface area (Å²) >= 11 is 0. The molecule has 1 fully saturated rings. The first-order valence-electron chi connectivity index (χ1n) is 8.75. The Morgan fingerprint density at radius 3 is 2.72 bits per heavy atom. The molecule has 0 bridgehead atoms. The van der Waals surface area contributed by atoms with Gasteiger partial charge in [-0.1, -0.05) is 25.0 Å².